The monoisotopic (exact) mass is 269 g/mol. The van der Waals surface area contributed by atoms with Crippen LogP contribution in [0.1, 0.15) is 39.0 Å². The maximum Gasteiger partial charge on any atom is 0.333 e. The van der Waals surface area contributed by atoms with E-state index in [1.807, 2.05) is 4.90 Å². The molecule has 2 fully saturated rings. The average Bonchev–Trinajstić information content (AvgIpc) is 2.72. The van der Waals surface area contributed by atoms with Crippen LogP contribution < -0.4 is 0 Å². The second-order valence-electron chi connectivity index (χ2n) is 4.58. The fraction of sp³-hybridized carbons (Fsp3) is 0.692. The molecule has 0 atom stereocenters. The van der Waals surface area contributed by atoms with E-state index in [2.05, 4.69) is 0 Å². The number of rotatable bonds is 3. The second kappa shape index (κ2) is 6.27. The molecule has 18 heavy (non-hydrogen) atoms. The summed E-state index contributed by atoms with van der Waals surface area (Å²) in [6.07, 6.45) is 7.16. The van der Waals surface area contributed by atoms with Crippen LogP contribution >= 0.6 is 11.8 Å². The summed E-state index contributed by atoms with van der Waals surface area (Å²) in [5.74, 6) is 0.222. The highest BCUT2D eigenvalue weighted by Crippen LogP contribution is 2.35. The number of hydrogen-bond donors (Lipinski definition) is 0. The van der Waals surface area contributed by atoms with Gasteiger partial charge < -0.3 is 9.64 Å². The van der Waals surface area contributed by atoms with E-state index in [-0.39, 0.29) is 17.9 Å². The summed E-state index contributed by atoms with van der Waals surface area (Å²) in [5, 5.41) is 0.769. The lowest BCUT2D eigenvalue weighted by atomic mass is 9.94. The number of esters is 1. The Balaban J connectivity index is 2.09. The maximum absolute atomic E-state index is 11.9. The molecule has 0 unspecified atom stereocenters. The molecule has 1 saturated carbocycles. The molecule has 1 amide bonds. The molecule has 5 heteroatoms. The van der Waals surface area contributed by atoms with Gasteiger partial charge in [0.15, 0.2) is 0 Å². The molecule has 0 radical (unpaired) electrons. The van der Waals surface area contributed by atoms with Crippen molar-refractivity contribution in [1.82, 2.24) is 4.90 Å². The van der Waals surface area contributed by atoms with Crippen LogP contribution in [0.3, 0.4) is 0 Å². The molecule has 2 aliphatic rings. The van der Waals surface area contributed by atoms with Crippen LogP contribution in [0.4, 0.5) is 0 Å². The van der Waals surface area contributed by atoms with E-state index < -0.39 is 0 Å². The van der Waals surface area contributed by atoms with E-state index in [4.69, 9.17) is 4.74 Å². The Morgan fingerprint density at radius 2 is 2.17 bits per heavy atom. The molecule has 1 saturated heterocycles. The largest absolute Gasteiger partial charge is 0.463 e. The lowest BCUT2D eigenvalue weighted by molar-refractivity contribution is -0.137. The van der Waals surface area contributed by atoms with E-state index >= 15 is 0 Å². The van der Waals surface area contributed by atoms with Gasteiger partial charge in [-0.2, -0.15) is 0 Å². The maximum atomic E-state index is 11.9. The van der Waals surface area contributed by atoms with Gasteiger partial charge in [0.25, 0.3) is 0 Å². The van der Waals surface area contributed by atoms with Crippen LogP contribution in [-0.2, 0) is 14.3 Å². The molecule has 2 rings (SSSR count). The van der Waals surface area contributed by atoms with Gasteiger partial charge in [0, 0.05) is 6.04 Å². The van der Waals surface area contributed by atoms with E-state index in [0.29, 0.717) is 12.4 Å². The molecular formula is C13H19NO3S. The van der Waals surface area contributed by atoms with Crippen LogP contribution in [0.25, 0.3) is 0 Å². The molecule has 1 aliphatic heterocycles. The van der Waals surface area contributed by atoms with Crippen molar-refractivity contribution >= 4 is 23.6 Å². The summed E-state index contributed by atoms with van der Waals surface area (Å²) in [6, 6.07) is 0.280. The van der Waals surface area contributed by atoms with Crippen LogP contribution in [0.2, 0.25) is 0 Å². The van der Waals surface area contributed by atoms with Crippen molar-refractivity contribution in [2.75, 3.05) is 12.4 Å². The summed E-state index contributed by atoms with van der Waals surface area (Å²) in [6.45, 7) is 2.15. The Hall–Kier alpha value is -0.970. The zero-order valence-electron chi connectivity index (χ0n) is 10.7. The molecule has 0 spiro atoms. The first kappa shape index (κ1) is 13.5. The molecule has 0 aromatic rings. The lowest BCUT2D eigenvalue weighted by Crippen LogP contribution is -2.37. The van der Waals surface area contributed by atoms with Crippen LogP contribution in [0, 0.1) is 0 Å². The second-order valence-corrected chi connectivity index (χ2v) is 5.57. The first-order valence-electron chi connectivity index (χ1n) is 6.55. The van der Waals surface area contributed by atoms with Crippen molar-refractivity contribution < 1.29 is 14.3 Å². The van der Waals surface area contributed by atoms with Gasteiger partial charge in [0.05, 0.1) is 23.5 Å². The fourth-order valence-electron chi connectivity index (χ4n) is 2.52. The normalized spacial score (nSPS) is 23.7. The summed E-state index contributed by atoms with van der Waals surface area (Å²) in [7, 11) is 0. The molecule has 1 aliphatic carbocycles. The van der Waals surface area contributed by atoms with Crippen molar-refractivity contribution in [1.29, 1.82) is 0 Å². The lowest BCUT2D eigenvalue weighted by Gasteiger charge is -2.31. The predicted octanol–water partition coefficient (Wildman–Crippen LogP) is 2.30. The van der Waals surface area contributed by atoms with Gasteiger partial charge in [0.1, 0.15) is 0 Å². The quantitative estimate of drug-likeness (QED) is 0.582. The van der Waals surface area contributed by atoms with Crippen LogP contribution in [0.5, 0.6) is 0 Å². The Labute approximate surface area is 112 Å². The predicted molar refractivity (Wildman–Crippen MR) is 70.9 cm³/mol. The number of hydrogen-bond acceptors (Lipinski definition) is 4. The number of thioether (sulfide) groups is 1. The number of ether oxygens (including phenoxy) is 1. The number of amides is 1. The standard InChI is InChI=1S/C13H19NO3S/c1-2-17-13(16)8-12-14(11(15)9-18-12)10-6-4-3-5-7-10/h8,10H,2-7,9H2,1H3/b12-8-. The van der Waals surface area contributed by atoms with Gasteiger partial charge in [-0.3, -0.25) is 4.79 Å². The van der Waals surface area contributed by atoms with Gasteiger partial charge in [-0.05, 0) is 19.8 Å². The molecule has 0 aromatic carbocycles. The Kier molecular flexibility index (Phi) is 4.69. The highest BCUT2D eigenvalue weighted by molar-refractivity contribution is 8.04. The van der Waals surface area contributed by atoms with Gasteiger partial charge >= 0.3 is 5.97 Å². The summed E-state index contributed by atoms with van der Waals surface area (Å²) in [5.41, 5.74) is 0. The first-order valence-corrected chi connectivity index (χ1v) is 7.54. The van der Waals surface area contributed by atoms with E-state index in [9.17, 15) is 9.59 Å². The van der Waals surface area contributed by atoms with E-state index in [1.165, 1.54) is 37.1 Å². The number of nitrogens with zero attached hydrogens (tertiary/aromatic N) is 1. The Morgan fingerprint density at radius 1 is 1.44 bits per heavy atom. The third-order valence-electron chi connectivity index (χ3n) is 3.32. The van der Waals surface area contributed by atoms with E-state index in [0.717, 1.165) is 17.9 Å². The Morgan fingerprint density at radius 3 is 2.83 bits per heavy atom. The van der Waals surface area contributed by atoms with Gasteiger partial charge in [0.2, 0.25) is 5.91 Å². The minimum absolute atomic E-state index is 0.127. The SMILES string of the molecule is CCOC(=O)/C=C1\SCC(=O)N1C1CCCCC1. The average molecular weight is 269 g/mol. The van der Waals surface area contributed by atoms with Gasteiger partial charge in [-0.15, -0.1) is 0 Å². The zero-order valence-corrected chi connectivity index (χ0v) is 11.5. The van der Waals surface area contributed by atoms with Crippen molar-refractivity contribution in [2.24, 2.45) is 0 Å². The Bertz CT molecular complexity index is 361. The van der Waals surface area contributed by atoms with Crippen molar-refractivity contribution in [3.05, 3.63) is 11.1 Å². The third-order valence-corrected chi connectivity index (χ3v) is 4.32. The van der Waals surface area contributed by atoms with Gasteiger partial charge in [-0.1, -0.05) is 31.0 Å². The smallest absolute Gasteiger partial charge is 0.333 e. The van der Waals surface area contributed by atoms with Crippen molar-refractivity contribution in [3.8, 4) is 0 Å². The van der Waals surface area contributed by atoms with Crippen LogP contribution in [-0.4, -0.2) is 35.2 Å². The summed E-state index contributed by atoms with van der Waals surface area (Å²) in [4.78, 5) is 25.2. The minimum Gasteiger partial charge on any atom is -0.463 e. The van der Waals surface area contributed by atoms with Crippen molar-refractivity contribution in [2.45, 2.75) is 45.1 Å². The summed E-state index contributed by atoms with van der Waals surface area (Å²) < 4.78 is 4.91. The topological polar surface area (TPSA) is 46.6 Å². The zero-order chi connectivity index (χ0) is 13.0. The number of carbonyl (C=O) groups is 2. The molecule has 0 N–H and O–H groups in total. The molecule has 0 aromatic heterocycles. The molecule has 100 valence electrons. The van der Waals surface area contributed by atoms with Crippen LogP contribution in [0.15, 0.2) is 11.1 Å². The first-order chi connectivity index (χ1) is 8.72. The minimum atomic E-state index is -0.351. The molecule has 1 heterocycles. The van der Waals surface area contributed by atoms with E-state index in [1.54, 1.807) is 6.92 Å². The third kappa shape index (κ3) is 3.07. The van der Waals surface area contributed by atoms with Gasteiger partial charge in [-0.25, -0.2) is 4.79 Å². The van der Waals surface area contributed by atoms with Crippen molar-refractivity contribution in [3.63, 3.8) is 0 Å². The fourth-order valence-corrected chi connectivity index (χ4v) is 3.50. The summed E-state index contributed by atoms with van der Waals surface area (Å²) >= 11 is 1.44. The molecule has 4 nitrogen and oxygen atoms in total. The number of carbonyl (C=O) groups excluding carboxylic acids is 2. The molecular weight excluding hydrogens is 250 g/mol. The molecule has 0 bridgehead atoms. The highest BCUT2D eigenvalue weighted by atomic mass is 32.2. The highest BCUT2D eigenvalue weighted by Gasteiger charge is 2.33.